The Morgan fingerprint density at radius 3 is 2.81 bits per heavy atom. The highest BCUT2D eigenvalue weighted by molar-refractivity contribution is 5.85. The van der Waals surface area contributed by atoms with Gasteiger partial charge in [0, 0.05) is 54.2 Å². The smallest absolute Gasteiger partial charge is 0.344 e. The van der Waals surface area contributed by atoms with E-state index in [1.807, 2.05) is 48.8 Å². The molecular weight excluding hydrogens is 388 g/mol. The van der Waals surface area contributed by atoms with Crippen LogP contribution in [0, 0.1) is 19.8 Å². The molecule has 6 nitrogen and oxygen atoms in total. The van der Waals surface area contributed by atoms with Gasteiger partial charge in [0.25, 0.3) is 0 Å². The van der Waals surface area contributed by atoms with Crippen LogP contribution in [0.5, 0.6) is 0 Å². The van der Waals surface area contributed by atoms with Gasteiger partial charge in [-0.2, -0.15) is 0 Å². The quantitative estimate of drug-likeness (QED) is 0.466. The SMILES string of the molecule is Cc1cn2cc(-c3cc4ccc(N5C[C@@H]6CCN(C)[C@@H]6C5)cc4oc3=O)cc2c(C)n1. The monoisotopic (exact) mass is 414 g/mol. The summed E-state index contributed by atoms with van der Waals surface area (Å²) in [5, 5.41) is 0.941. The maximum atomic E-state index is 12.9. The standard InChI is InChI=1S/C25H26N4O2/c1-15-11-29-13-19(9-22(29)16(2)26-15)21-8-17-4-5-20(10-24(17)31-25(21)30)28-12-18-6-7-27(3)23(18)14-28/h4-5,8-11,13,18,23H,6-7,12,14H2,1-3H3/t18-,23+/m0/s1. The molecule has 2 aliphatic heterocycles. The molecule has 5 heterocycles. The van der Waals surface area contributed by atoms with Crippen molar-refractivity contribution in [1.29, 1.82) is 0 Å². The van der Waals surface area contributed by atoms with Crippen LogP contribution in [0.15, 0.2) is 51.9 Å². The fourth-order valence-corrected chi connectivity index (χ4v) is 5.46. The van der Waals surface area contributed by atoms with Crippen LogP contribution in [0.4, 0.5) is 5.69 Å². The Labute approximate surface area is 180 Å². The van der Waals surface area contributed by atoms with Crippen molar-refractivity contribution < 1.29 is 4.42 Å². The second-order valence-electron chi connectivity index (χ2n) is 9.16. The van der Waals surface area contributed by atoms with Crippen molar-refractivity contribution in [3.63, 3.8) is 0 Å². The second-order valence-corrected chi connectivity index (χ2v) is 9.16. The third-order valence-corrected chi connectivity index (χ3v) is 7.11. The Morgan fingerprint density at radius 1 is 1.10 bits per heavy atom. The summed E-state index contributed by atoms with van der Waals surface area (Å²) in [5.41, 5.74) is 5.81. The molecule has 0 unspecified atom stereocenters. The molecule has 0 amide bonds. The van der Waals surface area contributed by atoms with E-state index in [0.29, 0.717) is 17.2 Å². The summed E-state index contributed by atoms with van der Waals surface area (Å²) in [6.45, 7) is 7.27. The lowest BCUT2D eigenvalue weighted by Gasteiger charge is -2.22. The summed E-state index contributed by atoms with van der Waals surface area (Å²) in [5.74, 6) is 0.737. The molecule has 2 fully saturated rings. The molecule has 6 rings (SSSR count). The van der Waals surface area contributed by atoms with E-state index >= 15 is 0 Å². The molecule has 0 saturated carbocycles. The van der Waals surface area contributed by atoms with Gasteiger partial charge in [0.15, 0.2) is 0 Å². The maximum absolute atomic E-state index is 12.9. The minimum atomic E-state index is -0.305. The molecule has 0 spiro atoms. The second kappa shape index (κ2) is 6.69. The number of nitrogens with zero attached hydrogens (tertiary/aromatic N) is 4. The summed E-state index contributed by atoms with van der Waals surface area (Å²) < 4.78 is 7.82. The van der Waals surface area contributed by atoms with Gasteiger partial charge in [-0.05, 0) is 64.0 Å². The van der Waals surface area contributed by atoms with Gasteiger partial charge in [0.2, 0.25) is 0 Å². The predicted molar refractivity (Wildman–Crippen MR) is 123 cm³/mol. The van der Waals surface area contributed by atoms with E-state index in [1.54, 1.807) is 0 Å². The number of hydrogen-bond donors (Lipinski definition) is 0. The van der Waals surface area contributed by atoms with Crippen molar-refractivity contribution in [3.8, 4) is 11.1 Å². The molecule has 3 aromatic heterocycles. The molecule has 0 N–H and O–H groups in total. The highest BCUT2D eigenvalue weighted by Crippen LogP contribution is 2.34. The third-order valence-electron chi connectivity index (χ3n) is 7.11. The van der Waals surface area contributed by atoms with Crippen LogP contribution in [0.1, 0.15) is 17.8 Å². The van der Waals surface area contributed by atoms with Crippen molar-refractivity contribution in [2.45, 2.75) is 26.3 Å². The van der Waals surface area contributed by atoms with Gasteiger partial charge in [0.1, 0.15) is 5.58 Å². The number of rotatable bonds is 2. The average molecular weight is 415 g/mol. The first kappa shape index (κ1) is 18.6. The summed E-state index contributed by atoms with van der Waals surface area (Å²) in [4.78, 5) is 22.3. The lowest BCUT2D eigenvalue weighted by atomic mass is 10.1. The van der Waals surface area contributed by atoms with Crippen molar-refractivity contribution >= 4 is 22.2 Å². The van der Waals surface area contributed by atoms with Gasteiger partial charge in [0.05, 0.1) is 22.5 Å². The van der Waals surface area contributed by atoms with Gasteiger partial charge in [-0.3, -0.25) is 4.98 Å². The summed E-state index contributed by atoms with van der Waals surface area (Å²) >= 11 is 0. The van der Waals surface area contributed by atoms with Crippen LogP contribution in [0.25, 0.3) is 27.6 Å². The van der Waals surface area contributed by atoms with Crippen LogP contribution < -0.4 is 10.5 Å². The maximum Gasteiger partial charge on any atom is 0.344 e. The van der Waals surface area contributed by atoms with E-state index in [0.717, 1.165) is 52.5 Å². The predicted octanol–water partition coefficient (Wildman–Crippen LogP) is 3.86. The van der Waals surface area contributed by atoms with Gasteiger partial charge in [-0.15, -0.1) is 0 Å². The minimum Gasteiger partial charge on any atom is -0.422 e. The largest absolute Gasteiger partial charge is 0.422 e. The zero-order valence-corrected chi connectivity index (χ0v) is 18.1. The Kier molecular flexibility index (Phi) is 4.02. The molecule has 1 aromatic carbocycles. The first-order valence-electron chi connectivity index (χ1n) is 11.0. The van der Waals surface area contributed by atoms with E-state index in [2.05, 4.69) is 34.0 Å². The number of hydrogen-bond acceptors (Lipinski definition) is 5. The van der Waals surface area contributed by atoms with E-state index in [1.165, 1.54) is 13.0 Å². The number of aromatic nitrogens is 2. The molecule has 4 aromatic rings. The fourth-order valence-electron chi connectivity index (χ4n) is 5.46. The summed E-state index contributed by atoms with van der Waals surface area (Å²) in [6.07, 6.45) is 5.22. The van der Waals surface area contributed by atoms with Gasteiger partial charge < -0.3 is 18.6 Å². The Hall–Kier alpha value is -3.12. The van der Waals surface area contributed by atoms with E-state index in [-0.39, 0.29) is 5.63 Å². The molecule has 158 valence electrons. The molecule has 31 heavy (non-hydrogen) atoms. The number of likely N-dealkylation sites (tertiary alicyclic amines) is 1. The molecular formula is C25H26N4O2. The van der Waals surface area contributed by atoms with Crippen LogP contribution in [0.2, 0.25) is 0 Å². The first-order chi connectivity index (χ1) is 15.0. The fraction of sp³-hybridized carbons (Fsp3) is 0.360. The molecule has 2 saturated heterocycles. The highest BCUT2D eigenvalue weighted by Gasteiger charge is 2.39. The number of likely N-dealkylation sites (N-methyl/N-ethyl adjacent to an activating group) is 1. The summed E-state index contributed by atoms with van der Waals surface area (Å²) in [6, 6.07) is 10.8. The van der Waals surface area contributed by atoms with E-state index in [4.69, 9.17) is 4.42 Å². The van der Waals surface area contributed by atoms with Crippen molar-refractivity contribution in [1.82, 2.24) is 14.3 Å². The zero-order valence-electron chi connectivity index (χ0n) is 18.1. The minimum absolute atomic E-state index is 0.305. The molecule has 0 radical (unpaired) electrons. The number of fused-ring (bicyclic) bond motifs is 3. The van der Waals surface area contributed by atoms with Gasteiger partial charge >= 0.3 is 5.63 Å². The molecule has 0 bridgehead atoms. The normalized spacial score (nSPS) is 21.5. The lowest BCUT2D eigenvalue weighted by Crippen LogP contribution is -2.32. The van der Waals surface area contributed by atoms with Crippen LogP contribution in [0.3, 0.4) is 0 Å². The number of benzene rings is 1. The van der Waals surface area contributed by atoms with E-state index in [9.17, 15) is 4.79 Å². The van der Waals surface area contributed by atoms with Crippen molar-refractivity contribution in [2.75, 3.05) is 31.6 Å². The third kappa shape index (κ3) is 2.97. The Morgan fingerprint density at radius 2 is 1.97 bits per heavy atom. The average Bonchev–Trinajstić information content (AvgIpc) is 3.43. The van der Waals surface area contributed by atoms with Crippen molar-refractivity contribution in [2.24, 2.45) is 5.92 Å². The van der Waals surface area contributed by atoms with E-state index < -0.39 is 0 Å². The molecule has 0 aliphatic carbocycles. The highest BCUT2D eigenvalue weighted by atomic mass is 16.4. The van der Waals surface area contributed by atoms with Crippen LogP contribution in [-0.4, -0.2) is 47.0 Å². The van der Waals surface area contributed by atoms with Crippen molar-refractivity contribution in [3.05, 3.63) is 64.5 Å². The molecule has 6 heteroatoms. The zero-order chi connectivity index (χ0) is 21.3. The number of aryl methyl sites for hydroxylation is 2. The molecule has 2 atom stereocenters. The lowest BCUT2D eigenvalue weighted by molar-refractivity contribution is 0.310. The topological polar surface area (TPSA) is 54.0 Å². The van der Waals surface area contributed by atoms with Gasteiger partial charge in [-0.25, -0.2) is 4.79 Å². The van der Waals surface area contributed by atoms with Crippen LogP contribution >= 0.6 is 0 Å². The van der Waals surface area contributed by atoms with Crippen LogP contribution in [-0.2, 0) is 0 Å². The molecule has 2 aliphatic rings. The summed E-state index contributed by atoms with van der Waals surface area (Å²) in [7, 11) is 2.22. The Bertz CT molecular complexity index is 1390. The first-order valence-corrected chi connectivity index (χ1v) is 11.0. The van der Waals surface area contributed by atoms with Gasteiger partial charge in [-0.1, -0.05) is 0 Å². The number of anilines is 1. The Balaban J connectivity index is 1.38.